The first-order valence-corrected chi connectivity index (χ1v) is 8.78. The lowest BCUT2D eigenvalue weighted by Gasteiger charge is -2.40. The monoisotopic (exact) mass is 353 g/mol. The molecule has 0 aliphatic heterocycles. The summed E-state index contributed by atoms with van der Waals surface area (Å²) in [4.78, 5) is 21.6. The van der Waals surface area contributed by atoms with Gasteiger partial charge in [-0.15, -0.1) is 0 Å². The van der Waals surface area contributed by atoms with Gasteiger partial charge in [-0.25, -0.2) is 9.37 Å². The quantitative estimate of drug-likeness (QED) is 0.651. The maximum atomic E-state index is 12.7. The van der Waals surface area contributed by atoms with Crippen molar-refractivity contribution in [2.45, 2.75) is 39.0 Å². The van der Waals surface area contributed by atoms with Crippen LogP contribution in [0.1, 0.15) is 39.0 Å². The van der Waals surface area contributed by atoms with Gasteiger partial charge in [0.15, 0.2) is 5.82 Å². The molecular formula is C17H21ClFN3O2. The van der Waals surface area contributed by atoms with Gasteiger partial charge in [0.1, 0.15) is 5.65 Å². The summed E-state index contributed by atoms with van der Waals surface area (Å²) in [7, 11) is 0. The highest BCUT2D eigenvalue weighted by Crippen LogP contribution is 2.45. The highest BCUT2D eigenvalue weighted by atomic mass is 35.5. The van der Waals surface area contributed by atoms with E-state index in [4.69, 9.17) is 16.3 Å². The number of aromatic nitrogens is 3. The molecular weight excluding hydrogens is 333 g/mol. The van der Waals surface area contributed by atoms with Crippen LogP contribution < -0.4 is 0 Å². The van der Waals surface area contributed by atoms with Crippen molar-refractivity contribution in [2.24, 2.45) is 17.8 Å². The number of fused-ring (bicyclic) bond motifs is 4. The minimum Gasteiger partial charge on any atom is -0.466 e. The van der Waals surface area contributed by atoms with E-state index < -0.39 is 0 Å². The smallest absolute Gasteiger partial charge is 0.309 e. The summed E-state index contributed by atoms with van der Waals surface area (Å²) in [6, 6.07) is 0. The van der Waals surface area contributed by atoms with Crippen LogP contribution in [0.15, 0.2) is 12.4 Å². The zero-order chi connectivity index (χ0) is 17.1. The SMILES string of the molecule is CCOC(=O)[C@@H]1CC2CCC1CC2.Fc1c[nH]c2nc(Cl)ncc12. The summed E-state index contributed by atoms with van der Waals surface area (Å²) in [5.41, 5.74) is 0.419. The van der Waals surface area contributed by atoms with Crippen molar-refractivity contribution in [3.05, 3.63) is 23.5 Å². The summed E-state index contributed by atoms with van der Waals surface area (Å²) < 4.78 is 17.8. The van der Waals surface area contributed by atoms with Crippen molar-refractivity contribution in [2.75, 3.05) is 6.61 Å². The molecule has 1 N–H and O–H groups in total. The van der Waals surface area contributed by atoms with E-state index in [1.54, 1.807) is 0 Å². The van der Waals surface area contributed by atoms with Crippen LogP contribution in [0.25, 0.3) is 11.0 Å². The Labute approximate surface area is 145 Å². The third-order valence-electron chi connectivity index (χ3n) is 4.99. The minimum atomic E-state index is -0.364. The van der Waals surface area contributed by atoms with Crippen LogP contribution in [0.2, 0.25) is 5.28 Å². The molecule has 2 aromatic rings. The number of nitrogens with one attached hydrogen (secondary N) is 1. The van der Waals surface area contributed by atoms with Gasteiger partial charge in [0.05, 0.1) is 17.9 Å². The van der Waals surface area contributed by atoms with E-state index in [0.29, 0.717) is 23.6 Å². The number of nitrogens with zero attached hydrogens (tertiary/aromatic N) is 2. The molecule has 7 heteroatoms. The molecule has 1 atom stereocenters. The number of hydrogen-bond acceptors (Lipinski definition) is 4. The third-order valence-corrected chi connectivity index (χ3v) is 5.17. The maximum absolute atomic E-state index is 12.7. The van der Waals surface area contributed by atoms with Crippen molar-refractivity contribution in [3.8, 4) is 0 Å². The molecule has 5 rings (SSSR count). The molecule has 5 nitrogen and oxygen atoms in total. The number of rotatable bonds is 2. The lowest BCUT2D eigenvalue weighted by molar-refractivity contribution is -0.153. The van der Waals surface area contributed by atoms with Crippen molar-refractivity contribution < 1.29 is 13.9 Å². The average Bonchev–Trinajstić information content (AvgIpc) is 2.97. The molecule has 2 bridgehead atoms. The first kappa shape index (κ1) is 17.1. The fourth-order valence-corrected chi connectivity index (χ4v) is 3.90. The van der Waals surface area contributed by atoms with Crippen molar-refractivity contribution >= 4 is 28.6 Å². The third kappa shape index (κ3) is 3.69. The van der Waals surface area contributed by atoms with E-state index in [1.165, 1.54) is 38.1 Å². The minimum absolute atomic E-state index is 0.0666. The van der Waals surface area contributed by atoms with Crippen LogP contribution >= 0.6 is 11.6 Å². The van der Waals surface area contributed by atoms with Crippen LogP contribution in [0.4, 0.5) is 4.39 Å². The molecule has 0 amide bonds. The number of hydrogen-bond donors (Lipinski definition) is 1. The van der Waals surface area contributed by atoms with Gasteiger partial charge < -0.3 is 9.72 Å². The molecule has 3 fully saturated rings. The number of esters is 1. The lowest BCUT2D eigenvalue weighted by Crippen LogP contribution is -2.36. The van der Waals surface area contributed by atoms with Gasteiger partial charge in [0, 0.05) is 12.4 Å². The predicted molar refractivity (Wildman–Crippen MR) is 89.0 cm³/mol. The Bertz CT molecular complexity index is 713. The van der Waals surface area contributed by atoms with Crippen molar-refractivity contribution in [1.29, 1.82) is 0 Å². The normalized spacial score (nSPS) is 25.2. The Kier molecular flexibility index (Phi) is 5.33. The number of carbonyl (C=O) groups excluding carboxylic acids is 1. The summed E-state index contributed by atoms with van der Waals surface area (Å²) in [6.45, 7) is 2.42. The molecule has 0 unspecified atom stereocenters. The Morgan fingerprint density at radius 1 is 1.42 bits per heavy atom. The molecule has 0 spiro atoms. The van der Waals surface area contributed by atoms with Crippen LogP contribution in [0.3, 0.4) is 0 Å². The Balaban J connectivity index is 0.000000143. The first-order valence-electron chi connectivity index (χ1n) is 8.40. The molecule has 3 aliphatic carbocycles. The van der Waals surface area contributed by atoms with E-state index in [-0.39, 0.29) is 23.0 Å². The number of H-pyrrole nitrogens is 1. The van der Waals surface area contributed by atoms with Crippen molar-refractivity contribution in [1.82, 2.24) is 15.0 Å². The summed E-state index contributed by atoms with van der Waals surface area (Å²) in [5.74, 6) is 1.41. The predicted octanol–water partition coefficient (Wildman–Crippen LogP) is 4.13. The van der Waals surface area contributed by atoms with E-state index in [1.807, 2.05) is 6.92 Å². The molecule has 130 valence electrons. The molecule has 3 saturated carbocycles. The fourth-order valence-electron chi connectivity index (χ4n) is 3.77. The van der Waals surface area contributed by atoms with Crippen LogP contribution in [-0.4, -0.2) is 27.5 Å². The maximum Gasteiger partial charge on any atom is 0.309 e. The molecule has 0 aromatic carbocycles. The van der Waals surface area contributed by atoms with Gasteiger partial charge in [-0.1, -0.05) is 12.8 Å². The molecule has 3 aliphatic rings. The van der Waals surface area contributed by atoms with Gasteiger partial charge in [-0.05, 0) is 49.6 Å². The first-order chi connectivity index (χ1) is 11.6. The van der Waals surface area contributed by atoms with Gasteiger partial charge in [0.25, 0.3) is 0 Å². The number of carbonyl (C=O) groups is 1. The van der Waals surface area contributed by atoms with Crippen molar-refractivity contribution in [3.63, 3.8) is 0 Å². The second-order valence-electron chi connectivity index (χ2n) is 6.41. The summed E-state index contributed by atoms with van der Waals surface area (Å²) in [6.07, 6.45) is 8.87. The molecule has 0 radical (unpaired) electrons. The topological polar surface area (TPSA) is 67.9 Å². The standard InChI is InChI=1S/C11H18O2.C6H3ClFN3/c1-2-13-11(12)10-7-8-3-5-9(10)6-4-8;7-6-10-1-3-4(8)2-9-5(3)11-6/h8-10H,2-7H2,1H3;1-2H,(H,9,10,11)/t8?,9?,10-;/m1./s1. The molecule has 0 saturated heterocycles. The fraction of sp³-hybridized carbons (Fsp3) is 0.588. The second kappa shape index (κ2) is 7.47. The van der Waals surface area contributed by atoms with E-state index in [2.05, 4.69) is 15.0 Å². The van der Waals surface area contributed by atoms with Crippen LogP contribution in [-0.2, 0) is 9.53 Å². The van der Waals surface area contributed by atoms with Gasteiger partial charge in [0.2, 0.25) is 5.28 Å². The zero-order valence-electron chi connectivity index (χ0n) is 13.6. The van der Waals surface area contributed by atoms with Crippen LogP contribution in [0.5, 0.6) is 0 Å². The Morgan fingerprint density at radius 3 is 2.79 bits per heavy atom. The highest BCUT2D eigenvalue weighted by molar-refractivity contribution is 6.28. The van der Waals surface area contributed by atoms with E-state index in [9.17, 15) is 9.18 Å². The van der Waals surface area contributed by atoms with Gasteiger partial charge >= 0.3 is 5.97 Å². The summed E-state index contributed by atoms with van der Waals surface area (Å²) >= 11 is 5.46. The van der Waals surface area contributed by atoms with E-state index >= 15 is 0 Å². The van der Waals surface area contributed by atoms with Gasteiger partial charge in [-0.3, -0.25) is 4.79 Å². The number of ether oxygens (including phenoxy) is 1. The average molecular weight is 354 g/mol. The number of aromatic amines is 1. The second-order valence-corrected chi connectivity index (χ2v) is 6.75. The molecule has 2 aromatic heterocycles. The highest BCUT2D eigenvalue weighted by Gasteiger charge is 2.39. The molecule has 24 heavy (non-hydrogen) atoms. The van der Waals surface area contributed by atoms with Crippen LogP contribution in [0, 0.1) is 23.6 Å². The Hall–Kier alpha value is -1.69. The van der Waals surface area contributed by atoms with Gasteiger partial charge in [-0.2, -0.15) is 4.98 Å². The number of halogens is 2. The largest absolute Gasteiger partial charge is 0.466 e. The lowest BCUT2D eigenvalue weighted by atomic mass is 9.65. The van der Waals surface area contributed by atoms with E-state index in [0.717, 1.165) is 12.3 Å². The summed E-state index contributed by atoms with van der Waals surface area (Å²) in [5, 5.41) is 0.466. The Morgan fingerprint density at radius 2 is 2.17 bits per heavy atom. The zero-order valence-corrected chi connectivity index (χ0v) is 14.4. The molecule has 2 heterocycles.